The van der Waals surface area contributed by atoms with Crippen molar-refractivity contribution in [3.8, 4) is 5.69 Å². The van der Waals surface area contributed by atoms with E-state index >= 15 is 0 Å². The molecule has 1 aliphatic heterocycles. The lowest BCUT2D eigenvalue weighted by Gasteiger charge is -2.15. The summed E-state index contributed by atoms with van der Waals surface area (Å²) in [5.74, 6) is -1.72. The molecule has 2 heterocycles. The Balaban J connectivity index is 2.15. The van der Waals surface area contributed by atoms with Crippen LogP contribution >= 0.6 is 23.8 Å². The van der Waals surface area contributed by atoms with Gasteiger partial charge in [0.2, 0.25) is 4.77 Å². The Morgan fingerprint density at radius 3 is 2.85 bits per heavy atom. The molecule has 3 rings (SSSR count). The fraction of sp³-hybridized carbons (Fsp3) is 0.308. The highest BCUT2D eigenvalue weighted by molar-refractivity contribution is 7.78. The van der Waals surface area contributed by atoms with E-state index < -0.39 is 28.7 Å². The summed E-state index contributed by atoms with van der Waals surface area (Å²) in [5, 5.41) is -0.226. The van der Waals surface area contributed by atoms with Gasteiger partial charge in [0.05, 0.1) is 36.5 Å². The molecule has 0 saturated heterocycles. The van der Waals surface area contributed by atoms with E-state index in [9.17, 15) is 18.2 Å². The van der Waals surface area contributed by atoms with Crippen LogP contribution in [0.15, 0.2) is 16.9 Å². The van der Waals surface area contributed by atoms with Gasteiger partial charge in [-0.2, -0.15) is 0 Å². The summed E-state index contributed by atoms with van der Waals surface area (Å²) in [4.78, 5) is 24.7. The molecule has 13 heteroatoms. The van der Waals surface area contributed by atoms with E-state index in [0.29, 0.717) is 13.2 Å². The third-order valence-electron chi connectivity index (χ3n) is 3.63. The quantitative estimate of drug-likeness (QED) is 0.735. The molecule has 0 bridgehead atoms. The van der Waals surface area contributed by atoms with Crippen molar-refractivity contribution in [2.24, 2.45) is 0 Å². The first kappa shape index (κ1) is 18.9. The number of carbonyl (C=O) groups is 1. The van der Waals surface area contributed by atoms with Gasteiger partial charge in [0.15, 0.2) is 0 Å². The maximum atomic E-state index is 14.5. The zero-order valence-corrected chi connectivity index (χ0v) is 15.6. The van der Waals surface area contributed by atoms with Crippen LogP contribution in [0.3, 0.4) is 0 Å². The molecule has 0 radical (unpaired) electrons. The van der Waals surface area contributed by atoms with Crippen LogP contribution in [0, 0.1) is 10.6 Å². The summed E-state index contributed by atoms with van der Waals surface area (Å²) in [6, 6.07) is 1.94. The number of aromatic nitrogens is 3. The molecule has 2 aromatic rings. The standard InChI is InChI=1S/C13H12ClFN4O5S2/c1-23-26(22)16-11(20)7-4-10(9(15)5-8(7)14)19-12(21)18-6-24-3-2-17(18)13(19)25/h4-5H,2-3,6H2,1H3,(H,16,20). The number of hydrogen-bond acceptors (Lipinski definition) is 6. The molecule has 0 aliphatic carbocycles. The average Bonchev–Trinajstić information content (AvgIpc) is 2.86. The molecule has 0 saturated carbocycles. The number of benzene rings is 1. The van der Waals surface area contributed by atoms with Crippen LogP contribution in [0.1, 0.15) is 10.4 Å². The lowest BCUT2D eigenvalue weighted by molar-refractivity contribution is 0.0127. The van der Waals surface area contributed by atoms with Gasteiger partial charge in [-0.15, -0.1) is 0 Å². The minimum atomic E-state index is -2.09. The topological polar surface area (TPSA) is 96.5 Å². The fourth-order valence-corrected chi connectivity index (χ4v) is 3.37. The van der Waals surface area contributed by atoms with Gasteiger partial charge in [-0.1, -0.05) is 11.6 Å². The van der Waals surface area contributed by atoms with Crippen molar-refractivity contribution in [2.45, 2.75) is 13.3 Å². The molecule has 1 aromatic heterocycles. The number of nitrogens with zero attached hydrogens (tertiary/aromatic N) is 3. The molecule has 26 heavy (non-hydrogen) atoms. The van der Waals surface area contributed by atoms with Gasteiger partial charge in [-0.05, 0) is 24.4 Å². The Bertz CT molecular complexity index is 993. The molecule has 0 fully saturated rings. The van der Waals surface area contributed by atoms with Crippen LogP contribution in [0.25, 0.3) is 5.69 Å². The van der Waals surface area contributed by atoms with Crippen molar-refractivity contribution in [1.82, 2.24) is 18.7 Å². The second kappa shape index (κ2) is 7.40. The van der Waals surface area contributed by atoms with E-state index in [0.717, 1.165) is 23.8 Å². The van der Waals surface area contributed by atoms with Crippen molar-refractivity contribution in [1.29, 1.82) is 0 Å². The predicted molar refractivity (Wildman–Crippen MR) is 92.4 cm³/mol. The largest absolute Gasteiger partial charge is 0.357 e. The number of hydrogen-bond donors (Lipinski definition) is 1. The molecule has 1 amide bonds. The highest BCUT2D eigenvalue weighted by Crippen LogP contribution is 2.23. The number of ether oxygens (including phenoxy) is 1. The van der Waals surface area contributed by atoms with Gasteiger partial charge < -0.3 is 4.74 Å². The molecule has 1 aliphatic rings. The SMILES string of the molecule is COS(=O)NC(=O)c1cc(-n2c(=O)n3n(c2=S)CCOC3)c(F)cc1Cl. The van der Waals surface area contributed by atoms with E-state index in [1.54, 1.807) is 0 Å². The third-order valence-corrected chi connectivity index (χ3v) is 4.99. The zero-order chi connectivity index (χ0) is 19.0. The first-order valence-corrected chi connectivity index (χ1v) is 8.98. The highest BCUT2D eigenvalue weighted by atomic mass is 35.5. The first-order valence-electron chi connectivity index (χ1n) is 7.12. The van der Waals surface area contributed by atoms with E-state index in [2.05, 4.69) is 4.18 Å². The lowest BCUT2D eigenvalue weighted by atomic mass is 10.2. The van der Waals surface area contributed by atoms with Crippen molar-refractivity contribution >= 4 is 41.0 Å². The summed E-state index contributed by atoms with van der Waals surface area (Å²) in [6.45, 7) is 0.665. The van der Waals surface area contributed by atoms with Gasteiger partial charge in [-0.25, -0.2) is 27.4 Å². The van der Waals surface area contributed by atoms with Crippen molar-refractivity contribution in [2.75, 3.05) is 13.7 Å². The second-order valence-corrected chi connectivity index (χ2v) is 6.86. The molecule has 140 valence electrons. The van der Waals surface area contributed by atoms with Crippen LogP contribution in [0.4, 0.5) is 4.39 Å². The predicted octanol–water partition coefficient (Wildman–Crippen LogP) is 0.905. The number of fused-ring (bicyclic) bond motifs is 1. The number of halogens is 2. The number of nitrogens with one attached hydrogen (secondary N) is 1. The molecule has 1 atom stereocenters. The fourth-order valence-electron chi connectivity index (χ4n) is 2.42. The zero-order valence-electron chi connectivity index (χ0n) is 13.2. The van der Waals surface area contributed by atoms with Gasteiger partial charge in [0.25, 0.3) is 17.2 Å². The highest BCUT2D eigenvalue weighted by Gasteiger charge is 2.23. The van der Waals surface area contributed by atoms with Crippen LogP contribution in [0.5, 0.6) is 0 Å². The normalized spacial score (nSPS) is 14.7. The third kappa shape index (κ3) is 3.25. The van der Waals surface area contributed by atoms with Gasteiger partial charge in [0.1, 0.15) is 12.5 Å². The molecule has 1 aromatic carbocycles. The Morgan fingerprint density at radius 2 is 2.19 bits per heavy atom. The van der Waals surface area contributed by atoms with Gasteiger partial charge in [-0.3, -0.25) is 13.7 Å². The van der Waals surface area contributed by atoms with E-state index in [1.807, 2.05) is 4.72 Å². The molecule has 0 spiro atoms. The molecule has 9 nitrogen and oxygen atoms in total. The Labute approximate surface area is 158 Å². The van der Waals surface area contributed by atoms with Gasteiger partial charge in [0, 0.05) is 0 Å². The summed E-state index contributed by atoms with van der Waals surface area (Å²) in [5.41, 5.74) is -1.07. The molecular weight excluding hydrogens is 411 g/mol. The molecular formula is C13H12ClFN4O5S2. The smallest absolute Gasteiger partial charge is 0.352 e. The van der Waals surface area contributed by atoms with E-state index in [-0.39, 0.29) is 27.8 Å². The van der Waals surface area contributed by atoms with E-state index in [4.69, 9.17) is 28.6 Å². The van der Waals surface area contributed by atoms with Crippen LogP contribution in [-0.2, 0) is 33.5 Å². The summed E-state index contributed by atoms with van der Waals surface area (Å²) < 4.78 is 41.2. The monoisotopic (exact) mass is 422 g/mol. The second-order valence-electron chi connectivity index (χ2n) is 5.08. The van der Waals surface area contributed by atoms with E-state index in [1.165, 1.54) is 9.36 Å². The van der Waals surface area contributed by atoms with Gasteiger partial charge >= 0.3 is 5.69 Å². The number of carbonyl (C=O) groups excluding carboxylic acids is 1. The molecule has 1 N–H and O–H groups in total. The van der Waals surface area contributed by atoms with Crippen LogP contribution in [-0.4, -0.2) is 37.8 Å². The molecule has 1 unspecified atom stereocenters. The van der Waals surface area contributed by atoms with Crippen molar-refractivity contribution < 1.29 is 22.3 Å². The maximum absolute atomic E-state index is 14.5. The minimum absolute atomic E-state index is 0.0230. The minimum Gasteiger partial charge on any atom is -0.357 e. The van der Waals surface area contributed by atoms with Crippen molar-refractivity contribution in [3.05, 3.63) is 43.8 Å². The summed E-state index contributed by atoms with van der Waals surface area (Å²) in [6.07, 6.45) is 0. The number of rotatable bonds is 4. The Hall–Kier alpha value is -1.86. The summed E-state index contributed by atoms with van der Waals surface area (Å²) in [7, 11) is 1.13. The Morgan fingerprint density at radius 1 is 1.46 bits per heavy atom. The van der Waals surface area contributed by atoms with Crippen molar-refractivity contribution in [3.63, 3.8) is 0 Å². The van der Waals surface area contributed by atoms with Crippen LogP contribution < -0.4 is 10.4 Å². The number of amides is 1. The maximum Gasteiger partial charge on any atom is 0.352 e. The Kier molecular flexibility index (Phi) is 5.39. The van der Waals surface area contributed by atoms with Crippen LogP contribution in [0.2, 0.25) is 5.02 Å². The average molecular weight is 423 g/mol. The first-order chi connectivity index (χ1) is 12.3. The lowest BCUT2D eigenvalue weighted by Crippen LogP contribution is -2.32. The summed E-state index contributed by atoms with van der Waals surface area (Å²) >= 11 is 9.07.